The molecule has 2 rings (SSSR count). The van der Waals surface area contributed by atoms with Crippen molar-refractivity contribution in [1.29, 1.82) is 0 Å². The summed E-state index contributed by atoms with van der Waals surface area (Å²) in [6, 6.07) is 8.04. The zero-order chi connectivity index (χ0) is 19.2. The molecule has 3 nitrogen and oxygen atoms in total. The van der Waals surface area contributed by atoms with Gasteiger partial charge in [0.25, 0.3) is 0 Å². The Kier molecular flexibility index (Phi) is 7.97. The molecule has 1 atom stereocenters. The highest BCUT2D eigenvalue weighted by atomic mass is 35.5. The Morgan fingerprint density at radius 1 is 1.19 bits per heavy atom. The van der Waals surface area contributed by atoms with Crippen molar-refractivity contribution in [1.82, 2.24) is 4.90 Å². The van der Waals surface area contributed by atoms with Crippen molar-refractivity contribution in [3.05, 3.63) is 34.9 Å². The fourth-order valence-corrected chi connectivity index (χ4v) is 4.12. The van der Waals surface area contributed by atoms with Crippen LogP contribution in [0.1, 0.15) is 71.8 Å². The number of esters is 1. The van der Waals surface area contributed by atoms with Gasteiger partial charge in [0, 0.05) is 17.1 Å². The quantitative estimate of drug-likeness (QED) is 0.481. The molecular weight excluding hydrogens is 346 g/mol. The van der Waals surface area contributed by atoms with E-state index in [1.807, 2.05) is 19.1 Å². The van der Waals surface area contributed by atoms with Gasteiger partial charge in [0.1, 0.15) is 6.04 Å². The fourth-order valence-electron chi connectivity index (χ4n) is 3.99. The Morgan fingerprint density at radius 3 is 2.31 bits per heavy atom. The number of hydrogen-bond donors (Lipinski definition) is 0. The van der Waals surface area contributed by atoms with Gasteiger partial charge in [0.15, 0.2) is 0 Å². The SMILES string of the molecule is CCCC(C(=O)OCC)N(CCC(C)C)C1(c2ccc(Cl)cc2)CCC1. The van der Waals surface area contributed by atoms with Crippen LogP contribution < -0.4 is 0 Å². The van der Waals surface area contributed by atoms with Crippen LogP contribution in [-0.4, -0.2) is 30.1 Å². The Balaban J connectivity index is 2.39. The van der Waals surface area contributed by atoms with Gasteiger partial charge < -0.3 is 4.74 Å². The van der Waals surface area contributed by atoms with Crippen molar-refractivity contribution < 1.29 is 9.53 Å². The van der Waals surface area contributed by atoms with Crippen LogP contribution in [0.3, 0.4) is 0 Å². The summed E-state index contributed by atoms with van der Waals surface area (Å²) in [6.45, 7) is 9.87. The first-order valence-electron chi connectivity index (χ1n) is 10.1. The molecule has 1 unspecified atom stereocenters. The van der Waals surface area contributed by atoms with Crippen molar-refractivity contribution in [3.8, 4) is 0 Å². The summed E-state index contributed by atoms with van der Waals surface area (Å²) >= 11 is 6.12. The number of halogens is 1. The lowest BCUT2D eigenvalue weighted by atomic mass is 9.69. The minimum atomic E-state index is -0.172. The predicted octanol–water partition coefficient (Wildman–Crippen LogP) is 5.80. The number of ether oxygens (including phenoxy) is 1. The summed E-state index contributed by atoms with van der Waals surface area (Å²) in [6.07, 6.45) is 6.26. The van der Waals surface area contributed by atoms with Gasteiger partial charge in [-0.2, -0.15) is 0 Å². The fraction of sp³-hybridized carbons (Fsp3) is 0.682. The van der Waals surface area contributed by atoms with E-state index in [4.69, 9.17) is 16.3 Å². The molecule has 1 saturated carbocycles. The molecule has 1 fully saturated rings. The molecule has 1 aromatic carbocycles. The third-order valence-electron chi connectivity index (χ3n) is 5.56. The summed E-state index contributed by atoms with van der Waals surface area (Å²) in [5.74, 6) is 0.530. The van der Waals surface area contributed by atoms with Crippen LogP contribution in [0.25, 0.3) is 0 Å². The van der Waals surface area contributed by atoms with Crippen LogP contribution in [0.15, 0.2) is 24.3 Å². The maximum Gasteiger partial charge on any atom is 0.323 e. The van der Waals surface area contributed by atoms with E-state index < -0.39 is 0 Å². The number of benzene rings is 1. The summed E-state index contributed by atoms with van der Waals surface area (Å²) in [7, 11) is 0. The number of nitrogens with zero attached hydrogens (tertiary/aromatic N) is 1. The zero-order valence-corrected chi connectivity index (χ0v) is 17.5. The van der Waals surface area contributed by atoms with Crippen molar-refractivity contribution in [3.63, 3.8) is 0 Å². The van der Waals surface area contributed by atoms with E-state index >= 15 is 0 Å². The molecule has 0 spiro atoms. The lowest BCUT2D eigenvalue weighted by Gasteiger charge is -2.53. The second kappa shape index (κ2) is 9.75. The highest BCUT2D eigenvalue weighted by molar-refractivity contribution is 6.30. The van der Waals surface area contributed by atoms with Gasteiger partial charge in [0.05, 0.1) is 6.61 Å². The monoisotopic (exact) mass is 379 g/mol. The first-order chi connectivity index (χ1) is 12.4. The molecule has 26 heavy (non-hydrogen) atoms. The van der Waals surface area contributed by atoms with Crippen molar-refractivity contribution in [2.45, 2.75) is 77.8 Å². The highest BCUT2D eigenvalue weighted by Gasteiger charge is 2.48. The highest BCUT2D eigenvalue weighted by Crippen LogP contribution is 2.48. The maximum absolute atomic E-state index is 12.8. The molecule has 0 bridgehead atoms. The molecule has 0 amide bonds. The minimum absolute atomic E-state index is 0.0634. The summed E-state index contributed by atoms with van der Waals surface area (Å²) < 4.78 is 5.46. The molecule has 146 valence electrons. The number of hydrogen-bond acceptors (Lipinski definition) is 3. The topological polar surface area (TPSA) is 29.5 Å². The lowest BCUT2D eigenvalue weighted by molar-refractivity contribution is -0.156. The number of carbonyl (C=O) groups excluding carboxylic acids is 1. The Hall–Kier alpha value is -1.06. The van der Waals surface area contributed by atoms with E-state index in [2.05, 4.69) is 37.8 Å². The first-order valence-corrected chi connectivity index (χ1v) is 10.5. The average Bonchev–Trinajstić information content (AvgIpc) is 2.56. The Bertz CT molecular complexity index is 566. The van der Waals surface area contributed by atoms with Crippen LogP contribution in [0, 0.1) is 5.92 Å². The van der Waals surface area contributed by atoms with Crippen LogP contribution in [0.5, 0.6) is 0 Å². The van der Waals surface area contributed by atoms with Crippen molar-refractivity contribution >= 4 is 17.6 Å². The molecule has 0 saturated heterocycles. The second-order valence-electron chi connectivity index (χ2n) is 7.82. The number of carbonyl (C=O) groups is 1. The minimum Gasteiger partial charge on any atom is -0.465 e. The Morgan fingerprint density at radius 2 is 1.85 bits per heavy atom. The zero-order valence-electron chi connectivity index (χ0n) is 16.8. The van der Waals surface area contributed by atoms with E-state index in [1.165, 1.54) is 12.0 Å². The van der Waals surface area contributed by atoms with Crippen molar-refractivity contribution in [2.75, 3.05) is 13.2 Å². The van der Waals surface area contributed by atoms with Crippen molar-refractivity contribution in [2.24, 2.45) is 5.92 Å². The molecule has 0 N–H and O–H groups in total. The normalized spacial score (nSPS) is 17.2. The van der Waals surface area contributed by atoms with Crippen LogP contribution in [-0.2, 0) is 15.1 Å². The second-order valence-corrected chi connectivity index (χ2v) is 8.26. The summed E-state index contributed by atoms with van der Waals surface area (Å²) in [5.41, 5.74) is 1.22. The number of rotatable bonds is 10. The van der Waals surface area contributed by atoms with Crippen LogP contribution in [0.2, 0.25) is 5.02 Å². The predicted molar refractivity (Wildman–Crippen MR) is 108 cm³/mol. The van der Waals surface area contributed by atoms with E-state index in [1.54, 1.807) is 0 Å². The molecule has 0 radical (unpaired) electrons. The summed E-state index contributed by atoms with van der Waals surface area (Å²) in [4.78, 5) is 15.3. The molecule has 0 aliphatic heterocycles. The van der Waals surface area contributed by atoms with E-state index in [0.29, 0.717) is 12.5 Å². The first kappa shape index (κ1) is 21.2. The molecule has 0 aromatic heterocycles. The van der Waals surface area contributed by atoms with Gasteiger partial charge in [-0.15, -0.1) is 0 Å². The van der Waals surface area contributed by atoms with E-state index in [-0.39, 0.29) is 17.6 Å². The molecule has 1 aliphatic rings. The average molecular weight is 380 g/mol. The molecule has 1 aliphatic carbocycles. The summed E-state index contributed by atoms with van der Waals surface area (Å²) in [5, 5.41) is 0.757. The third kappa shape index (κ3) is 4.80. The molecule has 0 heterocycles. The van der Waals surface area contributed by atoms with Gasteiger partial charge >= 0.3 is 5.97 Å². The van der Waals surface area contributed by atoms with Gasteiger partial charge in [-0.3, -0.25) is 9.69 Å². The molecule has 4 heteroatoms. The standard InChI is InChI=1S/C22H34ClNO2/c1-5-8-20(21(25)26-6-2)24(16-13-17(3)4)22(14-7-15-22)18-9-11-19(23)12-10-18/h9-12,17,20H,5-8,13-16H2,1-4H3. The lowest BCUT2D eigenvalue weighted by Crippen LogP contribution is -2.58. The van der Waals surface area contributed by atoms with Crippen LogP contribution >= 0.6 is 11.6 Å². The maximum atomic E-state index is 12.8. The molecule has 1 aromatic rings. The largest absolute Gasteiger partial charge is 0.465 e. The Labute approximate surface area is 164 Å². The smallest absolute Gasteiger partial charge is 0.323 e. The van der Waals surface area contributed by atoms with Gasteiger partial charge in [-0.05, 0) is 62.6 Å². The van der Waals surface area contributed by atoms with Gasteiger partial charge in [-0.1, -0.05) is 50.9 Å². The van der Waals surface area contributed by atoms with E-state index in [9.17, 15) is 4.79 Å². The third-order valence-corrected chi connectivity index (χ3v) is 5.81. The molecular formula is C22H34ClNO2. The van der Waals surface area contributed by atoms with Gasteiger partial charge in [0.2, 0.25) is 0 Å². The van der Waals surface area contributed by atoms with Crippen LogP contribution in [0.4, 0.5) is 0 Å². The van der Waals surface area contributed by atoms with Gasteiger partial charge in [-0.25, -0.2) is 0 Å². The van der Waals surface area contributed by atoms with E-state index in [0.717, 1.165) is 43.7 Å².